The lowest BCUT2D eigenvalue weighted by atomic mass is 9.98. The van der Waals surface area contributed by atoms with E-state index in [-0.39, 0.29) is 0 Å². The molecule has 1 aliphatic rings. The fourth-order valence-electron chi connectivity index (χ4n) is 4.19. The number of nitrogens with zero attached hydrogens (tertiary/aromatic N) is 3. The summed E-state index contributed by atoms with van der Waals surface area (Å²) in [6.07, 6.45) is 19.2. The quantitative estimate of drug-likeness (QED) is 0.236. The van der Waals surface area contributed by atoms with Crippen LogP contribution in [0.2, 0.25) is 0 Å². The molecule has 35 heavy (non-hydrogen) atoms. The number of hydrogen-bond donors (Lipinski definition) is 0. The maximum absolute atomic E-state index is 12.4. The van der Waals surface area contributed by atoms with Gasteiger partial charge >= 0.3 is 0 Å². The van der Waals surface area contributed by atoms with Gasteiger partial charge in [0.25, 0.3) is 0 Å². The Labute approximate surface area is 207 Å². The second-order valence-electron chi connectivity index (χ2n) is 8.34. The topological polar surface area (TPSA) is 38.1 Å². The Bertz CT molecular complexity index is 1290. The second-order valence-corrected chi connectivity index (χ2v) is 8.34. The first-order chi connectivity index (χ1) is 17.2. The Morgan fingerprint density at radius 1 is 1.11 bits per heavy atom. The van der Waals surface area contributed by atoms with Gasteiger partial charge in [-0.1, -0.05) is 91.9 Å². The molecule has 176 valence electrons. The van der Waals surface area contributed by atoms with Crippen LogP contribution >= 0.6 is 0 Å². The number of anilines is 1. The van der Waals surface area contributed by atoms with Crippen LogP contribution in [-0.2, 0) is 6.54 Å². The van der Waals surface area contributed by atoms with Gasteiger partial charge in [-0.3, -0.25) is 9.48 Å². The normalized spacial score (nSPS) is 13.0. The van der Waals surface area contributed by atoms with Crippen molar-refractivity contribution in [3.63, 3.8) is 0 Å². The maximum Gasteiger partial charge on any atom is 0.168 e. The van der Waals surface area contributed by atoms with Crippen LogP contribution in [0, 0.1) is 0 Å². The van der Waals surface area contributed by atoms with Gasteiger partial charge in [0.1, 0.15) is 11.4 Å². The molecular formula is C31H31N3O. The predicted octanol–water partition coefficient (Wildman–Crippen LogP) is 7.23. The van der Waals surface area contributed by atoms with Crippen LogP contribution < -0.4 is 4.90 Å². The Balaban J connectivity index is 1.77. The number of aldehydes is 1. The third-order valence-corrected chi connectivity index (χ3v) is 5.86. The third kappa shape index (κ3) is 5.67. The van der Waals surface area contributed by atoms with Gasteiger partial charge in [0, 0.05) is 29.6 Å². The molecule has 0 saturated carbocycles. The first kappa shape index (κ1) is 24.0. The van der Waals surface area contributed by atoms with Crippen LogP contribution in [0.1, 0.15) is 41.4 Å². The van der Waals surface area contributed by atoms with Crippen molar-refractivity contribution >= 4 is 17.5 Å². The molecule has 0 aliphatic heterocycles. The number of carbonyl (C=O) groups is 1. The summed E-state index contributed by atoms with van der Waals surface area (Å²) < 4.78 is 1.83. The van der Waals surface area contributed by atoms with Crippen molar-refractivity contribution in [2.45, 2.75) is 26.3 Å². The Morgan fingerprint density at radius 2 is 1.97 bits per heavy atom. The van der Waals surface area contributed by atoms with Crippen LogP contribution in [0.4, 0.5) is 5.69 Å². The van der Waals surface area contributed by atoms with Gasteiger partial charge in [-0.2, -0.15) is 5.10 Å². The lowest BCUT2D eigenvalue weighted by molar-refractivity contribution is 0.111. The van der Waals surface area contributed by atoms with Gasteiger partial charge in [0.15, 0.2) is 6.29 Å². The first-order valence-electron chi connectivity index (χ1n) is 12.0. The third-order valence-electron chi connectivity index (χ3n) is 5.86. The van der Waals surface area contributed by atoms with Crippen molar-refractivity contribution in [3.05, 3.63) is 127 Å². The minimum absolute atomic E-state index is 0.496. The summed E-state index contributed by atoms with van der Waals surface area (Å²) in [5.74, 6) is 0. The van der Waals surface area contributed by atoms with Gasteiger partial charge in [-0.25, -0.2) is 0 Å². The van der Waals surface area contributed by atoms with E-state index in [9.17, 15) is 4.79 Å². The molecule has 1 aromatic heterocycles. The van der Waals surface area contributed by atoms with Crippen LogP contribution in [0.15, 0.2) is 110 Å². The van der Waals surface area contributed by atoms with Crippen LogP contribution in [0.25, 0.3) is 16.8 Å². The highest BCUT2D eigenvalue weighted by molar-refractivity contribution is 5.93. The highest BCUT2D eigenvalue weighted by Crippen LogP contribution is 2.33. The number of carbonyl (C=O) groups excluding carboxylic acids is 1. The van der Waals surface area contributed by atoms with Gasteiger partial charge in [0.2, 0.25) is 0 Å². The fraction of sp³-hybridized carbons (Fsp3) is 0.161. The lowest BCUT2D eigenvalue weighted by Crippen LogP contribution is -2.16. The lowest BCUT2D eigenvalue weighted by Gasteiger charge is -2.19. The average molecular weight is 462 g/mol. The van der Waals surface area contributed by atoms with Gasteiger partial charge in [-0.05, 0) is 36.1 Å². The van der Waals surface area contributed by atoms with Gasteiger partial charge in [-0.15, -0.1) is 6.58 Å². The largest absolute Gasteiger partial charge is 0.344 e. The van der Waals surface area contributed by atoms with Crippen molar-refractivity contribution in [1.82, 2.24) is 9.78 Å². The fourth-order valence-corrected chi connectivity index (χ4v) is 4.19. The molecule has 0 atom stereocenters. The van der Waals surface area contributed by atoms with Crippen LogP contribution in [-0.4, -0.2) is 22.6 Å². The predicted molar refractivity (Wildman–Crippen MR) is 146 cm³/mol. The van der Waals surface area contributed by atoms with E-state index in [1.165, 1.54) is 0 Å². The molecule has 0 fully saturated rings. The Kier molecular flexibility index (Phi) is 8.08. The Hall–Kier alpha value is -4.18. The van der Waals surface area contributed by atoms with Gasteiger partial charge < -0.3 is 4.90 Å². The molecule has 0 spiro atoms. The van der Waals surface area contributed by atoms with E-state index in [1.807, 2.05) is 59.3 Å². The number of benzene rings is 2. The monoisotopic (exact) mass is 461 g/mol. The molecule has 4 nitrogen and oxygen atoms in total. The minimum Gasteiger partial charge on any atom is -0.344 e. The van der Waals surface area contributed by atoms with Crippen molar-refractivity contribution < 1.29 is 4.79 Å². The van der Waals surface area contributed by atoms with Crippen molar-refractivity contribution in [1.29, 1.82) is 0 Å². The molecule has 0 bridgehead atoms. The smallest absolute Gasteiger partial charge is 0.168 e. The zero-order valence-corrected chi connectivity index (χ0v) is 20.2. The van der Waals surface area contributed by atoms with E-state index < -0.39 is 0 Å². The van der Waals surface area contributed by atoms with E-state index in [2.05, 4.69) is 67.1 Å². The first-order valence-corrected chi connectivity index (χ1v) is 12.0. The zero-order chi connectivity index (χ0) is 24.5. The highest BCUT2D eigenvalue weighted by atomic mass is 16.1. The minimum atomic E-state index is 0.496. The standard InChI is InChI=1S/C31H31N3O/c1-3-5-21-33(20-4-2)28-19-13-14-25(22-28)23-34-29(24-35)30(26-15-9-6-7-10-16-26)31(32-34)27-17-11-8-12-18-27/h4-9,11-19,21-22,24H,2-3,10,20,23H2,1H3/b21-5-. The molecule has 4 heteroatoms. The van der Waals surface area contributed by atoms with Crippen molar-refractivity contribution in [2.24, 2.45) is 0 Å². The molecule has 0 radical (unpaired) electrons. The summed E-state index contributed by atoms with van der Waals surface area (Å²) in [5, 5.41) is 4.96. The van der Waals surface area contributed by atoms with E-state index in [0.29, 0.717) is 12.2 Å². The average Bonchev–Trinajstić information content (AvgIpc) is 3.04. The molecule has 0 unspecified atom stereocenters. The number of hydrogen-bond acceptors (Lipinski definition) is 3. The number of rotatable bonds is 10. The van der Waals surface area contributed by atoms with E-state index in [4.69, 9.17) is 5.10 Å². The van der Waals surface area contributed by atoms with E-state index in [0.717, 1.165) is 59.3 Å². The Morgan fingerprint density at radius 3 is 2.74 bits per heavy atom. The van der Waals surface area contributed by atoms with E-state index in [1.54, 1.807) is 0 Å². The van der Waals surface area contributed by atoms with Crippen LogP contribution in [0.3, 0.4) is 0 Å². The number of aromatic nitrogens is 2. The van der Waals surface area contributed by atoms with E-state index >= 15 is 0 Å². The molecular weight excluding hydrogens is 430 g/mol. The molecule has 4 rings (SSSR count). The van der Waals surface area contributed by atoms with Gasteiger partial charge in [0.05, 0.1) is 6.54 Å². The molecule has 3 aromatic rings. The molecule has 2 aromatic carbocycles. The summed E-state index contributed by atoms with van der Waals surface area (Å²) >= 11 is 0. The van der Waals surface area contributed by atoms with Crippen molar-refractivity contribution in [2.75, 3.05) is 11.4 Å². The molecule has 0 N–H and O–H groups in total. The SMILES string of the molecule is C=CCN(/C=C\CC)c1cccc(Cn2nc(-c3ccccc3)c(C3=CCC=CC=C3)c2C=O)c1. The summed E-state index contributed by atoms with van der Waals surface area (Å²) in [4.78, 5) is 14.6. The summed E-state index contributed by atoms with van der Waals surface area (Å²) in [6.45, 7) is 7.23. The maximum atomic E-state index is 12.4. The summed E-state index contributed by atoms with van der Waals surface area (Å²) in [6, 6.07) is 18.4. The zero-order valence-electron chi connectivity index (χ0n) is 20.2. The molecule has 0 saturated heterocycles. The highest BCUT2D eigenvalue weighted by Gasteiger charge is 2.21. The number of allylic oxidation sites excluding steroid dienone is 7. The molecule has 1 heterocycles. The summed E-state index contributed by atoms with van der Waals surface area (Å²) in [5.41, 5.74) is 6.44. The molecule has 1 aliphatic carbocycles. The van der Waals surface area contributed by atoms with Crippen LogP contribution in [0.5, 0.6) is 0 Å². The van der Waals surface area contributed by atoms with Crippen molar-refractivity contribution in [3.8, 4) is 11.3 Å². The molecule has 0 amide bonds. The summed E-state index contributed by atoms with van der Waals surface area (Å²) in [7, 11) is 0. The second kappa shape index (κ2) is 11.8.